The Balaban J connectivity index is 1.72. The maximum Gasteiger partial charge on any atom is 0.307 e. The second-order valence-electron chi connectivity index (χ2n) is 9.71. The lowest BCUT2D eigenvalue weighted by atomic mass is 9.84. The van der Waals surface area contributed by atoms with Gasteiger partial charge in [-0.3, -0.25) is 14.6 Å². The molecule has 1 aliphatic carbocycles. The smallest absolute Gasteiger partial charge is 0.307 e. The van der Waals surface area contributed by atoms with Crippen molar-refractivity contribution in [3.63, 3.8) is 0 Å². The monoisotopic (exact) mass is 442 g/mol. The highest BCUT2D eigenvalue weighted by molar-refractivity contribution is 5.93. The van der Waals surface area contributed by atoms with Crippen molar-refractivity contribution in [1.82, 2.24) is 15.1 Å². The zero-order chi connectivity index (χ0) is 23.1. The number of amides is 1. The van der Waals surface area contributed by atoms with Gasteiger partial charge in [-0.15, -0.1) is 0 Å². The van der Waals surface area contributed by atoms with Crippen molar-refractivity contribution in [1.29, 1.82) is 0 Å². The second-order valence-corrected chi connectivity index (χ2v) is 9.71. The van der Waals surface area contributed by atoms with E-state index in [0.717, 1.165) is 25.2 Å². The fraction of sp³-hybridized carbons (Fsp3) is 0.625. The van der Waals surface area contributed by atoms with Crippen LogP contribution in [0.4, 0.5) is 0 Å². The fourth-order valence-corrected chi connectivity index (χ4v) is 4.24. The molecule has 1 fully saturated rings. The van der Waals surface area contributed by atoms with E-state index in [1.807, 2.05) is 20.8 Å². The lowest BCUT2D eigenvalue weighted by Crippen LogP contribution is -2.25. The summed E-state index contributed by atoms with van der Waals surface area (Å²) >= 11 is 0. The van der Waals surface area contributed by atoms with E-state index in [0.29, 0.717) is 17.3 Å². The van der Waals surface area contributed by atoms with Gasteiger partial charge in [0.25, 0.3) is 0 Å². The Bertz CT molecular complexity index is 913. The molecule has 0 bridgehead atoms. The first-order valence-electron chi connectivity index (χ1n) is 11.5. The van der Waals surface area contributed by atoms with Crippen LogP contribution >= 0.6 is 0 Å². The third kappa shape index (κ3) is 7.14. The van der Waals surface area contributed by atoms with Crippen molar-refractivity contribution in [2.75, 3.05) is 0 Å². The number of pyridine rings is 1. The molecule has 0 unspecified atom stereocenters. The predicted octanol–water partition coefficient (Wildman–Crippen LogP) is 4.80. The SMILES string of the molecule is CC(C)(C)OC(=O)C[C@@H](CCCC1CCCCC1)c1nc(-c2cncc(C(N)=O)c2)no1. The van der Waals surface area contributed by atoms with Gasteiger partial charge in [0.2, 0.25) is 17.6 Å². The number of rotatable bonds is 9. The molecule has 174 valence electrons. The van der Waals surface area contributed by atoms with Crippen LogP contribution in [0.3, 0.4) is 0 Å². The molecular weight excluding hydrogens is 408 g/mol. The number of nitrogens with two attached hydrogens (primary N) is 1. The number of carbonyl (C=O) groups excluding carboxylic acids is 2. The number of nitrogens with zero attached hydrogens (tertiary/aromatic N) is 3. The summed E-state index contributed by atoms with van der Waals surface area (Å²) in [6, 6.07) is 1.58. The molecule has 0 spiro atoms. The average molecular weight is 443 g/mol. The summed E-state index contributed by atoms with van der Waals surface area (Å²) < 4.78 is 11.1. The van der Waals surface area contributed by atoms with E-state index in [1.54, 1.807) is 12.3 Å². The van der Waals surface area contributed by atoms with E-state index in [-0.39, 0.29) is 23.9 Å². The summed E-state index contributed by atoms with van der Waals surface area (Å²) in [5, 5.41) is 4.06. The van der Waals surface area contributed by atoms with Gasteiger partial charge in [-0.05, 0) is 39.2 Å². The van der Waals surface area contributed by atoms with Gasteiger partial charge in [-0.1, -0.05) is 50.1 Å². The molecule has 2 aromatic rings. The standard InChI is InChI=1S/C24H34N4O4/c1-24(2,3)31-20(29)13-17(11-7-10-16-8-5-4-6-9-16)23-27-22(28-32-23)19-12-18(21(25)30)14-26-15-19/h12,14-17H,4-11,13H2,1-3H3,(H2,25,30)/t17-/m1/s1. The van der Waals surface area contributed by atoms with Crippen molar-refractivity contribution in [2.24, 2.45) is 11.7 Å². The first kappa shape index (κ1) is 23.9. The van der Waals surface area contributed by atoms with Crippen molar-refractivity contribution in [3.05, 3.63) is 29.9 Å². The largest absolute Gasteiger partial charge is 0.460 e. The molecule has 0 aromatic carbocycles. The van der Waals surface area contributed by atoms with E-state index in [4.69, 9.17) is 15.0 Å². The van der Waals surface area contributed by atoms with Crippen LogP contribution in [-0.4, -0.2) is 32.6 Å². The van der Waals surface area contributed by atoms with Crippen molar-refractivity contribution < 1.29 is 18.8 Å². The van der Waals surface area contributed by atoms with Gasteiger partial charge in [-0.2, -0.15) is 4.98 Å². The van der Waals surface area contributed by atoms with Gasteiger partial charge in [-0.25, -0.2) is 0 Å². The van der Waals surface area contributed by atoms with Crippen molar-refractivity contribution >= 4 is 11.9 Å². The number of carbonyl (C=O) groups is 2. The number of primary amides is 1. The Morgan fingerprint density at radius 3 is 2.66 bits per heavy atom. The van der Waals surface area contributed by atoms with E-state index in [9.17, 15) is 9.59 Å². The zero-order valence-corrected chi connectivity index (χ0v) is 19.3. The molecule has 1 saturated carbocycles. The molecule has 32 heavy (non-hydrogen) atoms. The molecule has 0 radical (unpaired) electrons. The highest BCUT2D eigenvalue weighted by Gasteiger charge is 2.26. The second kappa shape index (κ2) is 10.7. The van der Waals surface area contributed by atoms with Gasteiger partial charge in [0, 0.05) is 23.9 Å². The molecule has 2 heterocycles. The normalized spacial score (nSPS) is 16.0. The Kier molecular flexibility index (Phi) is 7.99. The number of esters is 1. The molecule has 2 N–H and O–H groups in total. The minimum atomic E-state index is -0.575. The van der Waals surface area contributed by atoms with Crippen molar-refractivity contribution in [3.8, 4) is 11.4 Å². The Morgan fingerprint density at radius 1 is 1.22 bits per heavy atom. The number of hydrogen-bond donors (Lipinski definition) is 1. The third-order valence-electron chi connectivity index (χ3n) is 5.79. The predicted molar refractivity (Wildman–Crippen MR) is 120 cm³/mol. The highest BCUT2D eigenvalue weighted by atomic mass is 16.6. The Hall–Kier alpha value is -2.77. The summed E-state index contributed by atoms with van der Waals surface area (Å²) in [4.78, 5) is 32.5. The molecule has 8 heteroatoms. The quantitative estimate of drug-likeness (QED) is 0.554. The van der Waals surface area contributed by atoms with Crippen LogP contribution in [0.15, 0.2) is 23.0 Å². The van der Waals surface area contributed by atoms with Gasteiger partial charge < -0.3 is 15.0 Å². The molecular formula is C24H34N4O4. The van der Waals surface area contributed by atoms with Crippen LogP contribution in [0, 0.1) is 5.92 Å². The van der Waals surface area contributed by atoms with Crippen LogP contribution in [-0.2, 0) is 9.53 Å². The fourth-order valence-electron chi connectivity index (χ4n) is 4.24. The summed E-state index contributed by atoms with van der Waals surface area (Å²) in [6.07, 6.45) is 12.6. The summed E-state index contributed by atoms with van der Waals surface area (Å²) in [6.45, 7) is 5.56. The minimum Gasteiger partial charge on any atom is -0.460 e. The molecule has 3 rings (SSSR count). The van der Waals surface area contributed by atoms with Crippen LogP contribution in [0.2, 0.25) is 0 Å². The summed E-state index contributed by atoms with van der Waals surface area (Å²) in [5.74, 6) is 0.413. The lowest BCUT2D eigenvalue weighted by molar-refractivity contribution is -0.155. The topological polar surface area (TPSA) is 121 Å². The average Bonchev–Trinajstić information content (AvgIpc) is 3.23. The Labute approximate surface area is 189 Å². The first-order valence-corrected chi connectivity index (χ1v) is 11.5. The highest BCUT2D eigenvalue weighted by Crippen LogP contribution is 2.32. The number of aromatic nitrogens is 3. The first-order chi connectivity index (χ1) is 15.2. The summed E-state index contributed by atoms with van der Waals surface area (Å²) in [5.41, 5.74) is 5.60. The van der Waals surface area contributed by atoms with Gasteiger partial charge in [0.1, 0.15) is 5.60 Å². The Morgan fingerprint density at radius 2 is 1.97 bits per heavy atom. The molecule has 1 amide bonds. The lowest BCUT2D eigenvalue weighted by Gasteiger charge is -2.23. The van der Waals surface area contributed by atoms with E-state index in [1.165, 1.54) is 38.3 Å². The van der Waals surface area contributed by atoms with E-state index in [2.05, 4.69) is 15.1 Å². The molecule has 1 atom stereocenters. The van der Waals surface area contributed by atoms with Crippen LogP contribution in [0.25, 0.3) is 11.4 Å². The van der Waals surface area contributed by atoms with E-state index < -0.39 is 11.5 Å². The van der Waals surface area contributed by atoms with Crippen LogP contribution in [0.1, 0.15) is 101 Å². The molecule has 2 aromatic heterocycles. The molecule has 8 nitrogen and oxygen atoms in total. The van der Waals surface area contributed by atoms with Gasteiger partial charge >= 0.3 is 5.97 Å². The van der Waals surface area contributed by atoms with Crippen LogP contribution in [0.5, 0.6) is 0 Å². The number of ether oxygens (including phenoxy) is 1. The maximum absolute atomic E-state index is 12.5. The zero-order valence-electron chi connectivity index (χ0n) is 19.3. The van der Waals surface area contributed by atoms with E-state index >= 15 is 0 Å². The van der Waals surface area contributed by atoms with Gasteiger partial charge in [0.05, 0.1) is 12.0 Å². The third-order valence-corrected chi connectivity index (χ3v) is 5.79. The van der Waals surface area contributed by atoms with Crippen molar-refractivity contribution in [2.45, 2.75) is 90.1 Å². The molecule has 0 aliphatic heterocycles. The molecule has 1 aliphatic rings. The van der Waals surface area contributed by atoms with Gasteiger partial charge in [0.15, 0.2) is 0 Å². The van der Waals surface area contributed by atoms with Crippen LogP contribution < -0.4 is 5.73 Å². The molecule has 0 saturated heterocycles. The maximum atomic E-state index is 12.5. The minimum absolute atomic E-state index is 0.184. The summed E-state index contributed by atoms with van der Waals surface area (Å²) in [7, 11) is 0. The number of hydrogen-bond acceptors (Lipinski definition) is 7.